The molecule has 0 radical (unpaired) electrons. The summed E-state index contributed by atoms with van der Waals surface area (Å²) in [5.74, 6) is 0. The van der Waals surface area contributed by atoms with Crippen molar-refractivity contribution in [1.82, 2.24) is 0 Å². The first-order chi connectivity index (χ1) is 23.1. The van der Waals surface area contributed by atoms with Crippen molar-refractivity contribution in [3.63, 3.8) is 0 Å². The van der Waals surface area contributed by atoms with Gasteiger partial charge in [-0.1, -0.05) is 175 Å². The minimum Gasteiger partial charge on any atom is -0.104 e. The predicted octanol–water partition coefficient (Wildman–Crippen LogP) is 14.6. The van der Waals surface area contributed by atoms with Crippen molar-refractivity contribution in [3.8, 4) is 11.1 Å². The summed E-state index contributed by atoms with van der Waals surface area (Å²) in [5, 5.41) is 11.8. The Morgan fingerprint density at radius 3 is 0.958 bits per heavy atom. The fraction of sp³-hybridized carbons (Fsp3) is 0.217. The summed E-state index contributed by atoms with van der Waals surface area (Å²) in [4.78, 5) is 0. The Morgan fingerprint density at radius 2 is 0.667 bits per heavy atom. The molecule has 6 aromatic carbocycles. The Morgan fingerprint density at radius 1 is 0.375 bits per heavy atom. The summed E-state index contributed by atoms with van der Waals surface area (Å²) < 4.78 is 0. The van der Waals surface area contributed by atoms with Gasteiger partial charge in [-0.25, -0.2) is 0 Å². The average molecular weight is 659 g/mol. The molecule has 0 bridgehead atoms. The van der Waals surface area contributed by atoms with Gasteiger partial charge in [0.1, 0.15) is 0 Å². The third-order valence-electron chi connectivity index (χ3n) is 10.3. The molecule has 0 atom stereocenters. The fourth-order valence-corrected chi connectivity index (χ4v) is 13.0. The SMILES string of the molecule is CC(C)(C)c1ccc(Cp2c3ccccc3c3ccccc32)c(-c2cc(C(C)(C)C)ccc2Cp2c3ccccc3c3ccccc32)c1. The molecule has 238 valence electrons. The van der Waals surface area contributed by atoms with E-state index in [0.29, 0.717) is 0 Å². The van der Waals surface area contributed by atoms with E-state index in [0.717, 1.165) is 12.3 Å². The minimum atomic E-state index is -0.516. The molecule has 0 fully saturated rings. The number of fused-ring (bicyclic) bond motifs is 6. The molecule has 0 amide bonds. The summed E-state index contributed by atoms with van der Waals surface area (Å²) >= 11 is 0. The second-order valence-corrected chi connectivity index (χ2v) is 19.8. The van der Waals surface area contributed by atoms with Crippen LogP contribution in [-0.2, 0) is 23.2 Å². The van der Waals surface area contributed by atoms with Gasteiger partial charge in [-0.15, -0.1) is 15.1 Å². The van der Waals surface area contributed by atoms with Crippen LogP contribution in [0.25, 0.3) is 53.1 Å². The van der Waals surface area contributed by atoms with Gasteiger partial charge in [0, 0.05) is 32.8 Å². The van der Waals surface area contributed by atoms with Crippen LogP contribution in [0.15, 0.2) is 133 Å². The Hall–Kier alpha value is -4.08. The molecule has 0 unspecified atom stereocenters. The number of hydrogen-bond donors (Lipinski definition) is 0. The van der Waals surface area contributed by atoms with Crippen LogP contribution in [0.3, 0.4) is 0 Å². The van der Waals surface area contributed by atoms with E-state index in [9.17, 15) is 0 Å². The Balaban J connectivity index is 1.37. The normalized spacial score (nSPS) is 12.5. The van der Waals surface area contributed by atoms with E-state index in [4.69, 9.17) is 0 Å². The zero-order chi connectivity index (χ0) is 33.2. The molecular formula is C46H44P2. The largest absolute Gasteiger partial charge is 0.104 e. The highest BCUT2D eigenvalue weighted by Gasteiger charge is 2.23. The molecular weight excluding hydrogens is 614 g/mol. The van der Waals surface area contributed by atoms with Crippen LogP contribution in [-0.4, -0.2) is 0 Å². The van der Waals surface area contributed by atoms with Gasteiger partial charge >= 0.3 is 0 Å². The number of benzene rings is 6. The van der Waals surface area contributed by atoms with Crippen LogP contribution in [0.1, 0.15) is 63.8 Å². The van der Waals surface area contributed by atoms with Gasteiger partial charge in [0.15, 0.2) is 0 Å². The maximum atomic E-state index is 2.55. The van der Waals surface area contributed by atoms with Crippen LogP contribution < -0.4 is 0 Å². The predicted molar refractivity (Wildman–Crippen MR) is 216 cm³/mol. The fourth-order valence-electron chi connectivity index (χ4n) is 7.55. The monoisotopic (exact) mass is 658 g/mol. The van der Waals surface area contributed by atoms with Crippen molar-refractivity contribution in [2.45, 2.75) is 64.7 Å². The first-order valence-corrected chi connectivity index (χ1v) is 20.3. The first-order valence-electron chi connectivity index (χ1n) is 17.3. The Bertz CT molecular complexity index is 2190. The van der Waals surface area contributed by atoms with Gasteiger partial charge in [-0.3, -0.25) is 0 Å². The second kappa shape index (κ2) is 11.8. The Labute approximate surface area is 287 Å². The zero-order valence-corrected chi connectivity index (χ0v) is 30.8. The molecule has 0 saturated heterocycles. The highest BCUT2D eigenvalue weighted by Crippen LogP contribution is 2.54. The third kappa shape index (κ3) is 5.41. The van der Waals surface area contributed by atoms with Crippen molar-refractivity contribution < 1.29 is 0 Å². The van der Waals surface area contributed by atoms with E-state index in [-0.39, 0.29) is 10.8 Å². The second-order valence-electron chi connectivity index (χ2n) is 15.5. The number of rotatable bonds is 5. The third-order valence-corrected chi connectivity index (χ3v) is 15.5. The Kier molecular flexibility index (Phi) is 7.68. The smallest absolute Gasteiger partial charge is 0.0128 e. The van der Waals surface area contributed by atoms with Crippen molar-refractivity contribution in [3.05, 3.63) is 156 Å². The van der Waals surface area contributed by atoms with Crippen LogP contribution in [0.4, 0.5) is 0 Å². The van der Waals surface area contributed by atoms with Crippen molar-refractivity contribution >= 4 is 57.1 Å². The molecule has 8 rings (SSSR count). The molecule has 8 aromatic rings. The maximum absolute atomic E-state index is 2.55. The lowest BCUT2D eigenvalue weighted by Gasteiger charge is -2.25. The summed E-state index contributed by atoms with van der Waals surface area (Å²) in [6.45, 7) is 14.1. The summed E-state index contributed by atoms with van der Waals surface area (Å²) in [6, 6.07) is 51.4. The molecule has 2 heteroatoms. The van der Waals surface area contributed by atoms with Gasteiger partial charge in [-0.2, -0.15) is 0 Å². The minimum absolute atomic E-state index is 0.0559. The molecule has 0 spiro atoms. The van der Waals surface area contributed by atoms with E-state index in [1.54, 1.807) is 0 Å². The lowest BCUT2D eigenvalue weighted by atomic mass is 9.81. The van der Waals surface area contributed by atoms with Gasteiger partial charge in [-0.05, 0) is 65.8 Å². The van der Waals surface area contributed by atoms with E-state index in [2.05, 4.69) is 175 Å². The van der Waals surface area contributed by atoms with Gasteiger partial charge < -0.3 is 0 Å². The molecule has 2 aromatic heterocycles. The molecule has 48 heavy (non-hydrogen) atoms. The molecule has 0 nitrogen and oxygen atoms in total. The van der Waals surface area contributed by atoms with E-state index in [1.807, 2.05) is 0 Å². The van der Waals surface area contributed by atoms with E-state index < -0.39 is 15.1 Å². The standard InChI is InChI=1S/C46H44P2/c1-45(2,3)33-25-23-31(29-47-41-19-11-7-15-35(41)36-16-8-12-20-42(36)47)39(27-33)40-28-34(46(4,5)6)26-24-32(40)30-48-43-21-13-9-17-37(43)38-18-10-14-22-44(38)48/h7-28H,29-30H2,1-6H3. The van der Waals surface area contributed by atoms with Gasteiger partial charge in [0.25, 0.3) is 0 Å². The van der Waals surface area contributed by atoms with Crippen LogP contribution in [0.2, 0.25) is 0 Å². The lowest BCUT2D eigenvalue weighted by molar-refractivity contribution is 0.589. The van der Waals surface area contributed by atoms with E-state index in [1.165, 1.54) is 75.4 Å². The maximum Gasteiger partial charge on any atom is 0.0128 e. The molecule has 0 aliphatic rings. The summed E-state index contributed by atoms with van der Waals surface area (Å²) in [7, 11) is -1.03. The van der Waals surface area contributed by atoms with Crippen molar-refractivity contribution in [1.29, 1.82) is 0 Å². The van der Waals surface area contributed by atoms with Crippen LogP contribution in [0, 0.1) is 0 Å². The summed E-state index contributed by atoms with van der Waals surface area (Å²) in [6.07, 6.45) is 2.09. The zero-order valence-electron chi connectivity index (χ0n) is 29.0. The number of hydrogen-bond acceptors (Lipinski definition) is 0. The van der Waals surface area contributed by atoms with Crippen molar-refractivity contribution in [2.75, 3.05) is 0 Å². The van der Waals surface area contributed by atoms with Gasteiger partial charge in [0.2, 0.25) is 0 Å². The quantitative estimate of drug-likeness (QED) is 0.173. The van der Waals surface area contributed by atoms with Crippen LogP contribution >= 0.6 is 15.1 Å². The summed E-state index contributed by atoms with van der Waals surface area (Å²) in [5.41, 5.74) is 8.68. The van der Waals surface area contributed by atoms with Crippen molar-refractivity contribution in [2.24, 2.45) is 0 Å². The highest BCUT2D eigenvalue weighted by molar-refractivity contribution is 7.61. The lowest BCUT2D eigenvalue weighted by Crippen LogP contribution is -2.13. The molecule has 0 aliphatic carbocycles. The molecule has 2 heterocycles. The average Bonchev–Trinajstić information content (AvgIpc) is 3.57. The molecule has 0 N–H and O–H groups in total. The van der Waals surface area contributed by atoms with Gasteiger partial charge in [0.05, 0.1) is 0 Å². The first kappa shape index (κ1) is 31.2. The van der Waals surface area contributed by atoms with E-state index >= 15 is 0 Å². The molecule has 0 aliphatic heterocycles. The van der Waals surface area contributed by atoms with Crippen LogP contribution in [0.5, 0.6) is 0 Å². The molecule has 0 saturated carbocycles. The highest BCUT2D eigenvalue weighted by atomic mass is 31.1. The topological polar surface area (TPSA) is 0 Å².